The monoisotopic (exact) mass is 417 g/mol. The number of ether oxygens (including phenoxy) is 1. The molecule has 0 aromatic heterocycles. The Hall–Kier alpha value is -3.93. The predicted octanol–water partition coefficient (Wildman–Crippen LogP) is 4.77. The molecule has 1 unspecified atom stereocenters. The molecule has 156 valence electrons. The third-order valence-corrected chi connectivity index (χ3v) is 5.26. The Morgan fingerprint density at radius 2 is 1.71 bits per heavy atom. The number of ketones is 1. The smallest absolute Gasteiger partial charge is 0.300 e. The molecule has 4 rings (SSSR count). The number of halogens is 1. The number of carbonyl (C=O) groups is 2. The molecule has 1 fully saturated rings. The summed E-state index contributed by atoms with van der Waals surface area (Å²) in [6, 6.07) is 18.5. The molecule has 1 aliphatic rings. The van der Waals surface area contributed by atoms with Gasteiger partial charge in [0.25, 0.3) is 11.7 Å². The first kappa shape index (κ1) is 20.3. The highest BCUT2D eigenvalue weighted by molar-refractivity contribution is 6.51. The number of rotatable bonds is 4. The molecule has 0 spiro atoms. The summed E-state index contributed by atoms with van der Waals surface area (Å²) in [6.07, 6.45) is 0. The van der Waals surface area contributed by atoms with E-state index in [9.17, 15) is 19.1 Å². The van der Waals surface area contributed by atoms with E-state index < -0.39 is 23.5 Å². The zero-order valence-electron chi connectivity index (χ0n) is 17.0. The van der Waals surface area contributed by atoms with Gasteiger partial charge in [-0.25, -0.2) is 4.39 Å². The molecule has 1 amide bonds. The molecule has 1 aliphatic heterocycles. The number of nitrogens with zero attached hydrogens (tertiary/aromatic N) is 1. The maximum atomic E-state index is 13.4. The van der Waals surface area contributed by atoms with Crippen LogP contribution in [-0.4, -0.2) is 23.9 Å². The third-order valence-electron chi connectivity index (χ3n) is 5.26. The average molecular weight is 417 g/mol. The Morgan fingerprint density at radius 1 is 1.00 bits per heavy atom. The van der Waals surface area contributed by atoms with Gasteiger partial charge in [0.1, 0.15) is 17.3 Å². The van der Waals surface area contributed by atoms with Crippen molar-refractivity contribution in [3.63, 3.8) is 0 Å². The Morgan fingerprint density at radius 3 is 2.39 bits per heavy atom. The minimum absolute atomic E-state index is 0.0619. The fourth-order valence-electron chi connectivity index (χ4n) is 3.83. The lowest BCUT2D eigenvalue weighted by Gasteiger charge is -2.27. The number of aliphatic hydroxyl groups is 1. The molecule has 6 heteroatoms. The number of aliphatic hydroxyl groups excluding tert-OH is 1. The molecule has 5 nitrogen and oxygen atoms in total. The van der Waals surface area contributed by atoms with Gasteiger partial charge < -0.3 is 9.84 Å². The van der Waals surface area contributed by atoms with Crippen LogP contribution in [0.15, 0.2) is 78.4 Å². The maximum Gasteiger partial charge on any atom is 0.300 e. The van der Waals surface area contributed by atoms with Crippen LogP contribution in [-0.2, 0) is 9.59 Å². The highest BCUT2D eigenvalue weighted by atomic mass is 19.1. The van der Waals surface area contributed by atoms with E-state index in [2.05, 4.69) is 0 Å². The lowest BCUT2D eigenvalue weighted by atomic mass is 9.94. The standard InChI is InChI=1S/C25H20FNO4/c1-15-6-5-7-17(14-15)22-21(23(28)16-10-12-18(26)13-11-16)24(29)25(30)27(22)19-8-3-4-9-20(19)31-2/h3-14,22,28H,1-2H3/b23-21-. The lowest BCUT2D eigenvalue weighted by Crippen LogP contribution is -2.29. The second-order valence-corrected chi connectivity index (χ2v) is 7.26. The second kappa shape index (κ2) is 8.07. The Bertz CT molecular complexity index is 1200. The van der Waals surface area contributed by atoms with Gasteiger partial charge in [-0.1, -0.05) is 42.0 Å². The molecule has 3 aromatic rings. The van der Waals surface area contributed by atoms with Gasteiger partial charge in [-0.2, -0.15) is 0 Å². The Labute approximate surface area is 179 Å². The zero-order valence-corrected chi connectivity index (χ0v) is 17.0. The number of aryl methyl sites for hydroxylation is 1. The van der Waals surface area contributed by atoms with E-state index in [0.29, 0.717) is 17.0 Å². The second-order valence-electron chi connectivity index (χ2n) is 7.26. The van der Waals surface area contributed by atoms with Crippen LogP contribution >= 0.6 is 0 Å². The minimum atomic E-state index is -0.874. The van der Waals surface area contributed by atoms with E-state index in [1.807, 2.05) is 25.1 Å². The normalized spacial score (nSPS) is 17.8. The number of para-hydroxylation sites is 2. The summed E-state index contributed by atoms with van der Waals surface area (Å²) in [4.78, 5) is 27.6. The quantitative estimate of drug-likeness (QED) is 0.377. The fraction of sp³-hybridized carbons (Fsp3) is 0.120. The van der Waals surface area contributed by atoms with E-state index in [0.717, 1.165) is 5.56 Å². The van der Waals surface area contributed by atoms with Gasteiger partial charge in [-0.05, 0) is 48.9 Å². The van der Waals surface area contributed by atoms with E-state index in [1.165, 1.54) is 36.3 Å². The van der Waals surface area contributed by atoms with Crippen molar-refractivity contribution >= 4 is 23.1 Å². The maximum absolute atomic E-state index is 13.4. The number of carbonyl (C=O) groups excluding carboxylic acids is 2. The molecule has 1 saturated heterocycles. The molecule has 0 radical (unpaired) electrons. The van der Waals surface area contributed by atoms with Crippen LogP contribution in [0, 0.1) is 12.7 Å². The van der Waals surface area contributed by atoms with Crippen LogP contribution in [0.3, 0.4) is 0 Å². The summed E-state index contributed by atoms with van der Waals surface area (Å²) in [6.45, 7) is 1.90. The van der Waals surface area contributed by atoms with Crippen LogP contribution in [0.1, 0.15) is 22.7 Å². The summed E-state index contributed by atoms with van der Waals surface area (Å²) < 4.78 is 18.8. The van der Waals surface area contributed by atoms with Crippen LogP contribution < -0.4 is 9.64 Å². The highest BCUT2D eigenvalue weighted by Crippen LogP contribution is 2.44. The average Bonchev–Trinajstić information content (AvgIpc) is 3.04. The number of benzene rings is 3. The molecule has 1 N–H and O–H groups in total. The Balaban J connectivity index is 1.98. The number of methoxy groups -OCH3 is 1. The van der Waals surface area contributed by atoms with Crippen molar-refractivity contribution in [1.29, 1.82) is 0 Å². The largest absolute Gasteiger partial charge is 0.507 e. The van der Waals surface area contributed by atoms with E-state index in [1.54, 1.807) is 30.3 Å². The van der Waals surface area contributed by atoms with Crippen LogP contribution in [0.25, 0.3) is 5.76 Å². The minimum Gasteiger partial charge on any atom is -0.507 e. The first-order chi connectivity index (χ1) is 14.9. The molecule has 1 heterocycles. The van der Waals surface area contributed by atoms with Crippen molar-refractivity contribution in [2.75, 3.05) is 12.0 Å². The van der Waals surface area contributed by atoms with Crippen molar-refractivity contribution in [2.24, 2.45) is 0 Å². The fourth-order valence-corrected chi connectivity index (χ4v) is 3.83. The van der Waals surface area contributed by atoms with E-state index in [4.69, 9.17) is 4.74 Å². The molecule has 31 heavy (non-hydrogen) atoms. The molecular weight excluding hydrogens is 397 g/mol. The van der Waals surface area contributed by atoms with Gasteiger partial charge in [0.2, 0.25) is 0 Å². The van der Waals surface area contributed by atoms with Crippen molar-refractivity contribution in [3.8, 4) is 5.75 Å². The number of amides is 1. The highest BCUT2D eigenvalue weighted by Gasteiger charge is 2.47. The van der Waals surface area contributed by atoms with Crippen LogP contribution in [0.4, 0.5) is 10.1 Å². The van der Waals surface area contributed by atoms with Crippen molar-refractivity contribution in [3.05, 3.63) is 101 Å². The predicted molar refractivity (Wildman–Crippen MR) is 115 cm³/mol. The lowest BCUT2D eigenvalue weighted by molar-refractivity contribution is -0.132. The summed E-state index contributed by atoms with van der Waals surface area (Å²) in [5.74, 6) is -2.01. The van der Waals surface area contributed by atoms with Crippen molar-refractivity contribution in [1.82, 2.24) is 0 Å². The molecule has 0 saturated carbocycles. The van der Waals surface area contributed by atoms with Gasteiger partial charge in [0.15, 0.2) is 0 Å². The van der Waals surface area contributed by atoms with E-state index in [-0.39, 0.29) is 16.9 Å². The van der Waals surface area contributed by atoms with Gasteiger partial charge in [0.05, 0.1) is 24.4 Å². The van der Waals surface area contributed by atoms with Gasteiger partial charge in [-0.15, -0.1) is 0 Å². The first-order valence-electron chi connectivity index (χ1n) is 9.69. The van der Waals surface area contributed by atoms with Crippen molar-refractivity contribution < 1.29 is 23.8 Å². The summed E-state index contributed by atoms with van der Waals surface area (Å²) in [5, 5.41) is 11.0. The molecule has 3 aromatic carbocycles. The topological polar surface area (TPSA) is 66.8 Å². The van der Waals surface area contributed by atoms with Crippen molar-refractivity contribution in [2.45, 2.75) is 13.0 Å². The number of hydrogen-bond donors (Lipinski definition) is 1. The molecule has 0 bridgehead atoms. The van der Waals surface area contributed by atoms with Crippen LogP contribution in [0.2, 0.25) is 0 Å². The van der Waals surface area contributed by atoms with Gasteiger partial charge >= 0.3 is 0 Å². The van der Waals surface area contributed by atoms with Gasteiger partial charge in [0, 0.05) is 5.56 Å². The number of hydrogen-bond acceptors (Lipinski definition) is 4. The molecule has 0 aliphatic carbocycles. The number of Topliss-reactive ketones (excluding diaryl/α,β-unsaturated/α-hetero) is 1. The summed E-state index contributed by atoms with van der Waals surface area (Å²) in [5.41, 5.74) is 2.20. The third kappa shape index (κ3) is 3.57. The number of anilines is 1. The zero-order chi connectivity index (χ0) is 22.1. The first-order valence-corrected chi connectivity index (χ1v) is 9.69. The Kier molecular flexibility index (Phi) is 5.29. The molecular formula is C25H20FNO4. The molecule has 1 atom stereocenters. The van der Waals surface area contributed by atoms with Crippen LogP contribution in [0.5, 0.6) is 5.75 Å². The SMILES string of the molecule is COc1ccccc1N1C(=O)C(=O)/C(=C(\O)c2ccc(F)cc2)C1c1cccc(C)c1. The van der Waals surface area contributed by atoms with E-state index >= 15 is 0 Å². The van der Waals surface area contributed by atoms with Gasteiger partial charge in [-0.3, -0.25) is 14.5 Å². The summed E-state index contributed by atoms with van der Waals surface area (Å²) in [7, 11) is 1.48. The summed E-state index contributed by atoms with van der Waals surface area (Å²) >= 11 is 0.